The van der Waals surface area contributed by atoms with Crippen LogP contribution in [0.25, 0.3) is 0 Å². The van der Waals surface area contributed by atoms with Gasteiger partial charge in [0.2, 0.25) is 17.7 Å². The highest BCUT2D eigenvalue weighted by molar-refractivity contribution is 5.89. The Kier molecular flexibility index (Phi) is 11.5. The molecular formula is C31H51N5O6. The zero-order valence-corrected chi connectivity index (χ0v) is 25.4. The number of rotatable bonds is 10. The summed E-state index contributed by atoms with van der Waals surface area (Å²) in [5.41, 5.74) is 0. The molecule has 0 spiro atoms. The van der Waals surface area contributed by atoms with Crippen LogP contribution in [0.15, 0.2) is 0 Å². The number of unbranched alkanes of at least 4 members (excludes halogenated alkanes) is 1. The molecule has 1 aliphatic heterocycles. The van der Waals surface area contributed by atoms with Gasteiger partial charge in [0.25, 0.3) is 0 Å². The summed E-state index contributed by atoms with van der Waals surface area (Å²) in [5, 5.41) is 18.4. The summed E-state index contributed by atoms with van der Waals surface area (Å²) in [6.07, 6.45) is 11.6. The van der Waals surface area contributed by atoms with Crippen LogP contribution in [-0.4, -0.2) is 88.9 Å². The van der Waals surface area contributed by atoms with Gasteiger partial charge in [-0.05, 0) is 82.5 Å². The molecule has 4 fully saturated rings. The van der Waals surface area contributed by atoms with Gasteiger partial charge in [0, 0.05) is 50.6 Å². The summed E-state index contributed by atoms with van der Waals surface area (Å²) in [7, 11) is 1.76. The van der Waals surface area contributed by atoms with Crippen molar-refractivity contribution in [3.8, 4) is 0 Å². The molecule has 0 aromatic carbocycles. The van der Waals surface area contributed by atoms with Gasteiger partial charge in [-0.25, -0.2) is 4.79 Å². The number of aliphatic carboxylic acids is 1. The third-order valence-corrected chi connectivity index (χ3v) is 10.2. The first kappa shape index (κ1) is 32.1. The molecule has 4 aliphatic rings. The van der Waals surface area contributed by atoms with E-state index >= 15 is 0 Å². The first-order valence-electron chi connectivity index (χ1n) is 16.2. The second-order valence-corrected chi connectivity index (χ2v) is 13.3. The van der Waals surface area contributed by atoms with Gasteiger partial charge < -0.3 is 30.9 Å². The fourth-order valence-corrected chi connectivity index (χ4v) is 7.54. The van der Waals surface area contributed by atoms with Gasteiger partial charge in [-0.2, -0.15) is 0 Å². The van der Waals surface area contributed by atoms with Crippen molar-refractivity contribution in [1.29, 1.82) is 0 Å². The lowest BCUT2D eigenvalue weighted by atomic mass is 9.79. The topological polar surface area (TPSA) is 148 Å². The largest absolute Gasteiger partial charge is 0.481 e. The minimum absolute atomic E-state index is 0.00918. The molecule has 1 saturated heterocycles. The Morgan fingerprint density at radius 3 is 2.31 bits per heavy atom. The Bertz CT molecular complexity index is 983. The smallest absolute Gasteiger partial charge is 0.315 e. The van der Waals surface area contributed by atoms with Crippen LogP contribution in [0, 0.1) is 17.8 Å². The lowest BCUT2D eigenvalue weighted by Crippen LogP contribution is -2.51. The van der Waals surface area contributed by atoms with E-state index in [0.717, 1.165) is 38.5 Å². The molecule has 5 unspecified atom stereocenters. The third-order valence-electron chi connectivity index (χ3n) is 10.2. The molecule has 1 heterocycles. The maximum absolute atomic E-state index is 13.5. The number of fused-ring (bicyclic) bond motifs is 1. The van der Waals surface area contributed by atoms with Crippen LogP contribution in [0.3, 0.4) is 0 Å². The number of hydrogen-bond donors (Lipinski definition) is 4. The average Bonchev–Trinajstić information content (AvgIpc) is 3.03. The third kappa shape index (κ3) is 8.83. The van der Waals surface area contributed by atoms with E-state index < -0.39 is 5.97 Å². The van der Waals surface area contributed by atoms with Crippen LogP contribution < -0.4 is 16.0 Å². The van der Waals surface area contributed by atoms with Crippen molar-refractivity contribution < 1.29 is 29.1 Å². The fraction of sp³-hybridized carbons (Fsp3) is 0.839. The number of carboxylic acids is 1. The summed E-state index contributed by atoms with van der Waals surface area (Å²) in [6.45, 7) is 2.60. The average molecular weight is 590 g/mol. The Balaban J connectivity index is 1.20. The van der Waals surface area contributed by atoms with E-state index in [1.165, 1.54) is 19.3 Å². The molecule has 5 atom stereocenters. The van der Waals surface area contributed by atoms with Crippen LogP contribution in [0.4, 0.5) is 4.79 Å². The molecule has 4 rings (SSSR count). The Morgan fingerprint density at radius 2 is 1.60 bits per heavy atom. The SMILES string of the molecule is CC1CCCCC1NC(=O)NC1CCC(CC(=O)NC2CCC3C(C2)C(=O)N(CCCCC(=O)O)CC(=O)N3C)CC1. The second-order valence-electron chi connectivity index (χ2n) is 13.3. The molecule has 3 saturated carbocycles. The van der Waals surface area contributed by atoms with Gasteiger partial charge in [-0.3, -0.25) is 19.2 Å². The van der Waals surface area contributed by atoms with Crippen LogP contribution in [0.2, 0.25) is 0 Å². The summed E-state index contributed by atoms with van der Waals surface area (Å²) < 4.78 is 0. The molecule has 42 heavy (non-hydrogen) atoms. The van der Waals surface area contributed by atoms with E-state index in [1.54, 1.807) is 16.8 Å². The van der Waals surface area contributed by atoms with Crippen molar-refractivity contribution in [1.82, 2.24) is 25.8 Å². The second kappa shape index (κ2) is 15.0. The summed E-state index contributed by atoms with van der Waals surface area (Å²) >= 11 is 0. The van der Waals surface area contributed by atoms with Crippen molar-refractivity contribution in [3.63, 3.8) is 0 Å². The van der Waals surface area contributed by atoms with E-state index in [4.69, 9.17) is 5.11 Å². The van der Waals surface area contributed by atoms with Crippen molar-refractivity contribution in [3.05, 3.63) is 0 Å². The van der Waals surface area contributed by atoms with Gasteiger partial charge >= 0.3 is 12.0 Å². The van der Waals surface area contributed by atoms with Crippen molar-refractivity contribution >= 4 is 29.7 Å². The molecule has 11 heteroatoms. The molecular weight excluding hydrogens is 538 g/mol. The molecule has 236 valence electrons. The van der Waals surface area contributed by atoms with Crippen LogP contribution in [0.5, 0.6) is 0 Å². The molecule has 3 aliphatic carbocycles. The Morgan fingerprint density at radius 1 is 0.881 bits per heavy atom. The minimum atomic E-state index is -0.865. The summed E-state index contributed by atoms with van der Waals surface area (Å²) in [4.78, 5) is 65.9. The van der Waals surface area contributed by atoms with Crippen LogP contribution in [-0.2, 0) is 19.2 Å². The van der Waals surface area contributed by atoms with Crippen molar-refractivity contribution in [2.45, 2.75) is 127 Å². The molecule has 0 aromatic rings. The Labute approximate surface area is 249 Å². The van der Waals surface area contributed by atoms with Gasteiger partial charge in [0.05, 0.1) is 12.5 Å². The van der Waals surface area contributed by atoms with Gasteiger partial charge in [0.15, 0.2) is 0 Å². The van der Waals surface area contributed by atoms with Gasteiger partial charge in [0.1, 0.15) is 0 Å². The monoisotopic (exact) mass is 589 g/mol. The van der Waals surface area contributed by atoms with E-state index in [9.17, 15) is 24.0 Å². The molecule has 0 bridgehead atoms. The quantitative estimate of drug-likeness (QED) is 0.288. The zero-order valence-electron chi connectivity index (χ0n) is 25.4. The number of urea groups is 1. The van der Waals surface area contributed by atoms with Gasteiger partial charge in [-0.15, -0.1) is 0 Å². The zero-order chi connectivity index (χ0) is 30.2. The molecule has 0 aromatic heterocycles. The van der Waals surface area contributed by atoms with Crippen LogP contribution >= 0.6 is 0 Å². The number of carboxylic acid groups (broad SMARTS) is 1. The number of hydrogen-bond acceptors (Lipinski definition) is 5. The van der Waals surface area contributed by atoms with E-state index in [-0.39, 0.29) is 72.7 Å². The molecule has 4 N–H and O–H groups in total. The van der Waals surface area contributed by atoms with Gasteiger partial charge in [-0.1, -0.05) is 19.8 Å². The highest BCUT2D eigenvalue weighted by Gasteiger charge is 2.44. The van der Waals surface area contributed by atoms with Crippen LogP contribution in [0.1, 0.15) is 103 Å². The highest BCUT2D eigenvalue weighted by atomic mass is 16.4. The summed E-state index contributed by atoms with van der Waals surface area (Å²) in [5.74, 6) is -0.588. The first-order valence-corrected chi connectivity index (χ1v) is 16.2. The predicted molar refractivity (Wildman–Crippen MR) is 157 cm³/mol. The predicted octanol–water partition coefficient (Wildman–Crippen LogP) is 3.02. The maximum atomic E-state index is 13.5. The molecule has 0 radical (unpaired) electrons. The highest BCUT2D eigenvalue weighted by Crippen LogP contribution is 2.33. The van der Waals surface area contributed by atoms with Crippen molar-refractivity contribution in [2.75, 3.05) is 20.1 Å². The molecule has 5 amide bonds. The minimum Gasteiger partial charge on any atom is -0.481 e. The lowest BCUT2D eigenvalue weighted by molar-refractivity contribution is -0.138. The number of carbonyl (C=O) groups is 5. The Hall–Kier alpha value is -2.85. The van der Waals surface area contributed by atoms with E-state index in [2.05, 4.69) is 22.9 Å². The first-order chi connectivity index (χ1) is 20.1. The lowest BCUT2D eigenvalue weighted by Gasteiger charge is -2.39. The number of nitrogens with zero attached hydrogens (tertiary/aromatic N) is 2. The number of likely N-dealkylation sites (N-methyl/N-ethyl adjacent to an activating group) is 1. The van der Waals surface area contributed by atoms with Crippen molar-refractivity contribution in [2.24, 2.45) is 17.8 Å². The number of carbonyl (C=O) groups excluding carboxylic acids is 4. The standard InChI is InChI=1S/C31H51N5O6/c1-20-7-3-4-8-25(20)34-31(42)33-22-12-10-21(11-13-22)17-27(37)32-23-14-15-26-24(18-23)30(41)36(19-28(38)35(26)2)16-6-5-9-29(39)40/h20-26H,3-19H2,1-2H3,(H,32,37)(H,39,40)(H2,33,34,42). The molecule has 11 nitrogen and oxygen atoms in total. The normalized spacial score (nSPS) is 32.0. The number of amides is 5. The fourth-order valence-electron chi connectivity index (χ4n) is 7.54. The van der Waals surface area contributed by atoms with E-state index in [1.807, 2.05) is 0 Å². The maximum Gasteiger partial charge on any atom is 0.315 e. The number of nitrogens with one attached hydrogen (secondary N) is 3. The summed E-state index contributed by atoms with van der Waals surface area (Å²) in [6, 6.07) is 0.0525. The van der Waals surface area contributed by atoms with E-state index in [0.29, 0.717) is 44.6 Å².